The van der Waals surface area contributed by atoms with Gasteiger partial charge in [0.05, 0.1) is 6.04 Å². The predicted octanol–water partition coefficient (Wildman–Crippen LogP) is 5.08. The van der Waals surface area contributed by atoms with Crippen molar-refractivity contribution in [1.29, 1.82) is 0 Å². The van der Waals surface area contributed by atoms with Gasteiger partial charge in [-0.05, 0) is 74.1 Å². The lowest BCUT2D eigenvalue weighted by Gasteiger charge is -2.18. The second kappa shape index (κ2) is 7.65. The minimum atomic E-state index is 0.0204. The third-order valence-corrected chi connectivity index (χ3v) is 4.53. The van der Waals surface area contributed by atoms with Gasteiger partial charge in [-0.3, -0.25) is 4.79 Å². The molecular weight excluding hydrogens is 306 g/mol. The van der Waals surface area contributed by atoms with Crippen LogP contribution < -0.4 is 5.32 Å². The van der Waals surface area contributed by atoms with E-state index in [4.69, 9.17) is 11.6 Å². The van der Waals surface area contributed by atoms with Crippen LogP contribution in [-0.2, 0) is 11.2 Å². The van der Waals surface area contributed by atoms with E-state index >= 15 is 0 Å². The first-order valence-electron chi connectivity index (χ1n) is 7.98. The van der Waals surface area contributed by atoms with Gasteiger partial charge in [-0.25, -0.2) is 0 Å². The SMILES string of the molecule is Cc1cc(C)c([C@@H](C)NC(=O)CCc2ccc(Cl)cc2)cc1C. The molecule has 0 unspecified atom stereocenters. The van der Waals surface area contributed by atoms with Crippen molar-refractivity contribution in [3.63, 3.8) is 0 Å². The Hall–Kier alpha value is -1.80. The fourth-order valence-corrected chi connectivity index (χ4v) is 2.88. The summed E-state index contributed by atoms with van der Waals surface area (Å²) < 4.78 is 0. The van der Waals surface area contributed by atoms with Gasteiger partial charge in [-0.1, -0.05) is 35.9 Å². The molecule has 2 aromatic rings. The largest absolute Gasteiger partial charge is 0.350 e. The highest BCUT2D eigenvalue weighted by Crippen LogP contribution is 2.21. The Morgan fingerprint density at radius 2 is 1.65 bits per heavy atom. The summed E-state index contributed by atoms with van der Waals surface area (Å²) in [6.07, 6.45) is 1.21. The van der Waals surface area contributed by atoms with E-state index in [1.54, 1.807) is 0 Å². The predicted molar refractivity (Wildman–Crippen MR) is 97.0 cm³/mol. The first kappa shape index (κ1) is 17.6. The van der Waals surface area contributed by atoms with Crippen molar-refractivity contribution in [1.82, 2.24) is 5.32 Å². The molecule has 3 heteroatoms. The lowest BCUT2D eigenvalue weighted by Crippen LogP contribution is -2.27. The quantitative estimate of drug-likeness (QED) is 0.814. The van der Waals surface area contributed by atoms with Gasteiger partial charge in [0.1, 0.15) is 0 Å². The number of nitrogens with one attached hydrogen (secondary N) is 1. The summed E-state index contributed by atoms with van der Waals surface area (Å²) in [5.41, 5.74) is 6.08. The average molecular weight is 330 g/mol. The summed E-state index contributed by atoms with van der Waals surface area (Å²) in [7, 11) is 0. The molecule has 0 aliphatic carbocycles. The Morgan fingerprint density at radius 1 is 1.04 bits per heavy atom. The smallest absolute Gasteiger partial charge is 0.220 e. The molecule has 1 amide bonds. The number of aryl methyl sites for hydroxylation is 4. The van der Waals surface area contributed by atoms with E-state index in [2.05, 4.69) is 38.2 Å². The highest BCUT2D eigenvalue weighted by atomic mass is 35.5. The number of hydrogen-bond donors (Lipinski definition) is 1. The molecule has 0 fully saturated rings. The first-order valence-corrected chi connectivity index (χ1v) is 8.36. The second-order valence-corrected chi connectivity index (χ2v) is 6.65. The van der Waals surface area contributed by atoms with Gasteiger partial charge in [-0.2, -0.15) is 0 Å². The molecule has 0 spiro atoms. The van der Waals surface area contributed by atoms with Crippen LogP contribution in [0.1, 0.15) is 47.2 Å². The monoisotopic (exact) mass is 329 g/mol. The van der Waals surface area contributed by atoms with Gasteiger partial charge >= 0.3 is 0 Å². The van der Waals surface area contributed by atoms with Crippen LogP contribution in [0, 0.1) is 20.8 Å². The van der Waals surface area contributed by atoms with Gasteiger partial charge in [0.2, 0.25) is 5.91 Å². The molecule has 0 aliphatic rings. The number of halogens is 1. The molecule has 0 saturated carbocycles. The van der Waals surface area contributed by atoms with Crippen LogP contribution in [0.25, 0.3) is 0 Å². The zero-order chi connectivity index (χ0) is 17.0. The molecule has 1 N–H and O–H groups in total. The minimum Gasteiger partial charge on any atom is -0.350 e. The van der Waals surface area contributed by atoms with Crippen molar-refractivity contribution in [2.24, 2.45) is 0 Å². The Kier molecular flexibility index (Phi) is 5.84. The third-order valence-electron chi connectivity index (χ3n) is 4.28. The fraction of sp³-hybridized carbons (Fsp3) is 0.350. The molecule has 0 aliphatic heterocycles. The van der Waals surface area contributed by atoms with Crippen LogP contribution >= 0.6 is 11.6 Å². The summed E-state index contributed by atoms with van der Waals surface area (Å²) in [5, 5.41) is 3.82. The maximum absolute atomic E-state index is 12.2. The Balaban J connectivity index is 1.94. The van der Waals surface area contributed by atoms with E-state index in [-0.39, 0.29) is 11.9 Å². The molecule has 1 atom stereocenters. The van der Waals surface area contributed by atoms with Crippen LogP contribution in [0.2, 0.25) is 5.02 Å². The van der Waals surface area contributed by atoms with Crippen LogP contribution in [0.3, 0.4) is 0 Å². The van der Waals surface area contributed by atoms with Gasteiger partial charge in [0.15, 0.2) is 0 Å². The van der Waals surface area contributed by atoms with E-state index in [0.29, 0.717) is 6.42 Å². The lowest BCUT2D eigenvalue weighted by molar-refractivity contribution is -0.121. The van der Waals surface area contributed by atoms with Crippen LogP contribution in [0.4, 0.5) is 0 Å². The van der Waals surface area contributed by atoms with E-state index in [1.807, 2.05) is 31.2 Å². The number of carbonyl (C=O) groups excluding carboxylic acids is 1. The molecule has 2 rings (SSSR count). The van der Waals surface area contributed by atoms with Crippen molar-refractivity contribution in [3.05, 3.63) is 69.2 Å². The highest BCUT2D eigenvalue weighted by molar-refractivity contribution is 6.30. The van der Waals surface area contributed by atoms with Crippen LogP contribution in [0.5, 0.6) is 0 Å². The summed E-state index contributed by atoms with van der Waals surface area (Å²) >= 11 is 5.87. The number of carbonyl (C=O) groups is 1. The summed E-state index contributed by atoms with van der Waals surface area (Å²) in [4.78, 5) is 12.2. The first-order chi connectivity index (χ1) is 10.9. The molecule has 2 aromatic carbocycles. The van der Waals surface area contributed by atoms with E-state index in [1.165, 1.54) is 22.3 Å². The van der Waals surface area contributed by atoms with Crippen molar-refractivity contribution in [2.45, 2.75) is 46.6 Å². The van der Waals surface area contributed by atoms with E-state index in [9.17, 15) is 4.79 Å². The second-order valence-electron chi connectivity index (χ2n) is 6.21. The molecule has 0 saturated heterocycles. The molecule has 122 valence electrons. The molecule has 23 heavy (non-hydrogen) atoms. The van der Waals surface area contributed by atoms with Crippen LogP contribution in [0.15, 0.2) is 36.4 Å². The Bertz CT molecular complexity index is 692. The van der Waals surface area contributed by atoms with Gasteiger partial charge in [0.25, 0.3) is 0 Å². The Labute approximate surface area is 143 Å². The topological polar surface area (TPSA) is 29.1 Å². The molecule has 0 aromatic heterocycles. The lowest BCUT2D eigenvalue weighted by atomic mass is 9.96. The summed E-state index contributed by atoms with van der Waals surface area (Å²) in [6, 6.07) is 12.0. The van der Waals surface area contributed by atoms with E-state index in [0.717, 1.165) is 17.0 Å². The molecule has 2 nitrogen and oxygen atoms in total. The number of benzene rings is 2. The summed E-state index contributed by atoms with van der Waals surface area (Å²) in [6.45, 7) is 8.35. The molecular formula is C20H24ClNO. The van der Waals surface area contributed by atoms with E-state index < -0.39 is 0 Å². The maximum atomic E-state index is 12.2. The van der Waals surface area contributed by atoms with Crippen molar-refractivity contribution in [2.75, 3.05) is 0 Å². The Morgan fingerprint density at radius 3 is 2.30 bits per heavy atom. The zero-order valence-corrected chi connectivity index (χ0v) is 15.0. The van der Waals surface area contributed by atoms with Crippen molar-refractivity contribution in [3.8, 4) is 0 Å². The number of hydrogen-bond acceptors (Lipinski definition) is 1. The maximum Gasteiger partial charge on any atom is 0.220 e. The third kappa shape index (κ3) is 4.84. The standard InChI is InChI=1S/C20H24ClNO/c1-13-11-15(3)19(12-14(13)2)16(4)22-20(23)10-7-17-5-8-18(21)9-6-17/h5-6,8-9,11-12,16H,7,10H2,1-4H3,(H,22,23)/t16-/m1/s1. The zero-order valence-electron chi connectivity index (χ0n) is 14.2. The van der Waals surface area contributed by atoms with Gasteiger partial charge < -0.3 is 5.32 Å². The highest BCUT2D eigenvalue weighted by Gasteiger charge is 2.13. The molecule has 0 radical (unpaired) electrons. The number of rotatable bonds is 5. The number of amides is 1. The average Bonchev–Trinajstić information content (AvgIpc) is 2.50. The summed E-state index contributed by atoms with van der Waals surface area (Å²) in [5.74, 6) is 0.0741. The molecule has 0 heterocycles. The minimum absolute atomic E-state index is 0.0204. The van der Waals surface area contributed by atoms with Crippen molar-refractivity contribution >= 4 is 17.5 Å². The normalized spacial score (nSPS) is 12.0. The van der Waals surface area contributed by atoms with Gasteiger partial charge in [0, 0.05) is 11.4 Å². The van der Waals surface area contributed by atoms with Crippen LogP contribution in [-0.4, -0.2) is 5.91 Å². The van der Waals surface area contributed by atoms with Crippen molar-refractivity contribution < 1.29 is 4.79 Å². The molecule has 0 bridgehead atoms. The fourth-order valence-electron chi connectivity index (χ4n) is 2.75. The van der Waals surface area contributed by atoms with Gasteiger partial charge in [-0.15, -0.1) is 0 Å².